The molecule has 2 saturated heterocycles. The van der Waals surface area contributed by atoms with Crippen LogP contribution in [0.1, 0.15) is 40.0 Å². The third kappa shape index (κ3) is 2.01. The Kier molecular flexibility index (Phi) is 3.57. The van der Waals surface area contributed by atoms with Gasteiger partial charge in [0.15, 0.2) is 0 Å². The van der Waals surface area contributed by atoms with Crippen molar-refractivity contribution in [3.8, 4) is 0 Å². The average Bonchev–Trinajstić information content (AvgIpc) is 2.59. The number of rotatable bonds is 2. The van der Waals surface area contributed by atoms with Crippen LogP contribution in [0, 0.1) is 5.41 Å². The number of ether oxygens (including phenoxy) is 1. The van der Waals surface area contributed by atoms with Crippen LogP contribution >= 0.6 is 0 Å². The Hall–Kier alpha value is -0.120. The first-order valence-corrected chi connectivity index (χ1v) is 6.70. The van der Waals surface area contributed by atoms with Gasteiger partial charge in [-0.3, -0.25) is 0 Å². The number of hydrogen-bond acceptors (Lipinski definition) is 3. The van der Waals surface area contributed by atoms with E-state index in [0.717, 1.165) is 6.61 Å². The maximum absolute atomic E-state index is 6.30. The van der Waals surface area contributed by atoms with Crippen LogP contribution in [0.25, 0.3) is 0 Å². The molecule has 1 unspecified atom stereocenters. The average molecular weight is 226 g/mol. The predicted octanol–water partition coefficient (Wildman–Crippen LogP) is 1.61. The summed E-state index contributed by atoms with van der Waals surface area (Å²) >= 11 is 0. The van der Waals surface area contributed by atoms with Crippen molar-refractivity contribution in [1.29, 1.82) is 0 Å². The molecule has 0 aromatic heterocycles. The summed E-state index contributed by atoms with van der Waals surface area (Å²) in [5, 5.41) is 0. The molecule has 16 heavy (non-hydrogen) atoms. The first-order valence-electron chi connectivity index (χ1n) is 6.70. The molecule has 2 rings (SSSR count). The topological polar surface area (TPSA) is 38.5 Å². The van der Waals surface area contributed by atoms with Gasteiger partial charge in [-0.1, -0.05) is 6.92 Å². The van der Waals surface area contributed by atoms with Gasteiger partial charge in [0.25, 0.3) is 0 Å². The minimum atomic E-state index is 0.242. The van der Waals surface area contributed by atoms with Gasteiger partial charge in [0.2, 0.25) is 0 Å². The lowest BCUT2D eigenvalue weighted by atomic mass is 9.73. The van der Waals surface area contributed by atoms with E-state index in [4.69, 9.17) is 10.5 Å². The summed E-state index contributed by atoms with van der Waals surface area (Å²) in [6.07, 6.45) is 3.91. The van der Waals surface area contributed by atoms with Crippen LogP contribution in [0.2, 0.25) is 0 Å². The van der Waals surface area contributed by atoms with E-state index < -0.39 is 0 Å². The van der Waals surface area contributed by atoms with Gasteiger partial charge in [-0.05, 0) is 46.2 Å². The van der Waals surface area contributed by atoms with Crippen LogP contribution in [0.15, 0.2) is 0 Å². The monoisotopic (exact) mass is 226 g/mol. The minimum Gasteiger partial charge on any atom is -0.376 e. The van der Waals surface area contributed by atoms with E-state index in [1.165, 1.54) is 32.4 Å². The van der Waals surface area contributed by atoms with Crippen molar-refractivity contribution in [3.05, 3.63) is 0 Å². The number of hydrogen-bond donors (Lipinski definition) is 1. The summed E-state index contributed by atoms with van der Waals surface area (Å²) in [4.78, 5) is 2.60. The molecular formula is C13H26N2O. The molecule has 0 aromatic carbocycles. The molecule has 3 heteroatoms. The summed E-state index contributed by atoms with van der Waals surface area (Å²) in [5.74, 6) is 0. The zero-order chi connectivity index (χ0) is 11.8. The largest absolute Gasteiger partial charge is 0.376 e. The van der Waals surface area contributed by atoms with Crippen molar-refractivity contribution < 1.29 is 4.74 Å². The molecule has 0 radical (unpaired) electrons. The molecule has 2 aliphatic rings. The molecule has 0 aliphatic carbocycles. The molecule has 2 N–H and O–H groups in total. The molecule has 2 heterocycles. The van der Waals surface area contributed by atoms with Gasteiger partial charge in [0.05, 0.1) is 12.7 Å². The summed E-state index contributed by atoms with van der Waals surface area (Å²) < 4.78 is 5.74. The highest BCUT2D eigenvalue weighted by Crippen LogP contribution is 2.41. The van der Waals surface area contributed by atoms with Crippen LogP contribution in [-0.4, -0.2) is 42.8 Å². The fraction of sp³-hybridized carbons (Fsp3) is 1.00. The summed E-state index contributed by atoms with van der Waals surface area (Å²) in [5.41, 5.74) is 6.58. The predicted molar refractivity (Wildman–Crippen MR) is 66.4 cm³/mol. The first-order chi connectivity index (χ1) is 7.59. The first kappa shape index (κ1) is 12.3. The van der Waals surface area contributed by atoms with Crippen LogP contribution < -0.4 is 5.73 Å². The van der Waals surface area contributed by atoms with E-state index in [9.17, 15) is 0 Å². The highest BCUT2D eigenvalue weighted by molar-refractivity contribution is 5.00. The van der Waals surface area contributed by atoms with Crippen molar-refractivity contribution in [2.24, 2.45) is 11.1 Å². The molecule has 0 saturated carbocycles. The summed E-state index contributed by atoms with van der Waals surface area (Å²) in [6, 6.07) is 0.958. The molecule has 3 nitrogen and oxygen atoms in total. The van der Waals surface area contributed by atoms with Crippen molar-refractivity contribution >= 4 is 0 Å². The molecule has 0 aromatic rings. The Balaban J connectivity index is 1.94. The van der Waals surface area contributed by atoms with Crippen LogP contribution in [0.4, 0.5) is 0 Å². The van der Waals surface area contributed by atoms with Gasteiger partial charge in [-0.2, -0.15) is 0 Å². The highest BCUT2D eigenvalue weighted by Gasteiger charge is 2.47. The van der Waals surface area contributed by atoms with Gasteiger partial charge in [0.1, 0.15) is 0 Å². The molecule has 0 amide bonds. The van der Waals surface area contributed by atoms with E-state index in [1.807, 2.05) is 0 Å². The van der Waals surface area contributed by atoms with Crippen molar-refractivity contribution in [2.45, 2.75) is 58.2 Å². The van der Waals surface area contributed by atoms with Gasteiger partial charge in [-0.25, -0.2) is 0 Å². The molecule has 2 fully saturated rings. The fourth-order valence-electron chi connectivity index (χ4n) is 3.14. The molecular weight excluding hydrogens is 200 g/mol. The summed E-state index contributed by atoms with van der Waals surface area (Å²) in [7, 11) is 0. The fourth-order valence-corrected chi connectivity index (χ4v) is 3.14. The molecule has 94 valence electrons. The number of likely N-dealkylation sites (tertiary alicyclic amines) is 1. The molecule has 2 aliphatic heterocycles. The smallest absolute Gasteiger partial charge is 0.0704 e. The quantitative estimate of drug-likeness (QED) is 0.777. The zero-order valence-corrected chi connectivity index (χ0v) is 10.9. The number of nitrogens with zero attached hydrogens (tertiary/aromatic N) is 1. The molecule has 0 bridgehead atoms. The normalized spacial score (nSPS) is 36.8. The molecule has 3 atom stereocenters. The maximum Gasteiger partial charge on any atom is 0.0704 e. The Morgan fingerprint density at radius 2 is 2.06 bits per heavy atom. The Morgan fingerprint density at radius 3 is 2.50 bits per heavy atom. The number of nitrogens with two attached hydrogens (primary N) is 1. The second-order valence-corrected chi connectivity index (χ2v) is 5.70. The third-order valence-electron chi connectivity index (χ3n) is 4.85. The van der Waals surface area contributed by atoms with Crippen LogP contribution in [-0.2, 0) is 4.74 Å². The van der Waals surface area contributed by atoms with Gasteiger partial charge >= 0.3 is 0 Å². The van der Waals surface area contributed by atoms with Crippen molar-refractivity contribution in [2.75, 3.05) is 19.7 Å². The van der Waals surface area contributed by atoms with E-state index in [2.05, 4.69) is 25.7 Å². The minimum absolute atomic E-state index is 0.242. The zero-order valence-electron chi connectivity index (χ0n) is 10.9. The lowest BCUT2D eigenvalue weighted by molar-refractivity contribution is 0.0527. The van der Waals surface area contributed by atoms with Gasteiger partial charge in [0, 0.05) is 17.5 Å². The lowest BCUT2D eigenvalue weighted by Crippen LogP contribution is -2.52. The van der Waals surface area contributed by atoms with E-state index in [-0.39, 0.29) is 17.6 Å². The highest BCUT2D eigenvalue weighted by atomic mass is 16.5. The second-order valence-electron chi connectivity index (χ2n) is 5.70. The third-order valence-corrected chi connectivity index (χ3v) is 4.85. The number of piperidine rings is 1. The van der Waals surface area contributed by atoms with E-state index in [1.54, 1.807) is 0 Å². The SMILES string of the molecule is CCC(C)N1CCC2(CC1)CO[C@@H](C)[C@H]2N. The lowest BCUT2D eigenvalue weighted by Gasteiger charge is -2.43. The van der Waals surface area contributed by atoms with Gasteiger partial charge in [-0.15, -0.1) is 0 Å². The maximum atomic E-state index is 6.30. The van der Waals surface area contributed by atoms with E-state index >= 15 is 0 Å². The van der Waals surface area contributed by atoms with Crippen LogP contribution in [0.5, 0.6) is 0 Å². The van der Waals surface area contributed by atoms with Gasteiger partial charge < -0.3 is 15.4 Å². The standard InChI is InChI=1S/C13H26N2O/c1-4-10(2)15-7-5-13(6-8-15)9-16-11(3)12(13)14/h10-12H,4-9,14H2,1-3H3/t10?,11-,12+/m0/s1. The Labute approximate surface area is 99.3 Å². The Bertz CT molecular complexity index is 236. The molecule has 1 spiro atoms. The van der Waals surface area contributed by atoms with Crippen molar-refractivity contribution in [3.63, 3.8) is 0 Å². The van der Waals surface area contributed by atoms with Crippen LogP contribution in [0.3, 0.4) is 0 Å². The van der Waals surface area contributed by atoms with Crippen molar-refractivity contribution in [1.82, 2.24) is 4.90 Å². The Morgan fingerprint density at radius 1 is 1.44 bits per heavy atom. The van der Waals surface area contributed by atoms with E-state index in [0.29, 0.717) is 6.04 Å². The second kappa shape index (κ2) is 4.63. The summed E-state index contributed by atoms with van der Waals surface area (Å²) in [6.45, 7) is 9.97.